The van der Waals surface area contributed by atoms with Crippen LogP contribution >= 0.6 is 0 Å². The van der Waals surface area contributed by atoms with Gasteiger partial charge in [0.15, 0.2) is 0 Å². The fraction of sp³-hybridized carbons (Fsp3) is 0.556. The number of benzene rings is 1. The third kappa shape index (κ3) is 2.85. The van der Waals surface area contributed by atoms with Crippen molar-refractivity contribution in [1.29, 1.82) is 0 Å². The number of aryl methyl sites for hydroxylation is 1. The number of furan rings is 1. The summed E-state index contributed by atoms with van der Waals surface area (Å²) in [5.74, 6) is 1.07. The summed E-state index contributed by atoms with van der Waals surface area (Å²) in [6.45, 7) is 9.87. The number of hydrogen-bond acceptors (Lipinski definition) is 3. The number of fused-ring (bicyclic) bond motifs is 1. The van der Waals surface area contributed by atoms with E-state index in [1.54, 1.807) is 0 Å². The second-order valence-corrected chi connectivity index (χ2v) is 6.14. The minimum absolute atomic E-state index is 0.617. The Morgan fingerprint density at radius 3 is 2.81 bits per heavy atom. The van der Waals surface area contributed by atoms with Gasteiger partial charge in [0.25, 0.3) is 0 Å². The quantitative estimate of drug-likeness (QED) is 0.929. The van der Waals surface area contributed by atoms with Crippen LogP contribution in [-0.4, -0.2) is 30.1 Å². The Balaban J connectivity index is 1.87. The van der Waals surface area contributed by atoms with Gasteiger partial charge in [0.1, 0.15) is 11.3 Å². The molecule has 0 aliphatic carbocycles. The van der Waals surface area contributed by atoms with Crippen molar-refractivity contribution >= 4 is 11.0 Å². The van der Waals surface area contributed by atoms with Gasteiger partial charge < -0.3 is 9.73 Å². The molecule has 0 bridgehead atoms. The van der Waals surface area contributed by atoms with Crippen LogP contribution in [0.25, 0.3) is 11.0 Å². The van der Waals surface area contributed by atoms with Crippen molar-refractivity contribution in [3.63, 3.8) is 0 Å². The van der Waals surface area contributed by atoms with Crippen LogP contribution in [0, 0.1) is 6.92 Å². The van der Waals surface area contributed by atoms with Crippen LogP contribution in [0.4, 0.5) is 0 Å². The molecule has 0 amide bonds. The Morgan fingerprint density at radius 2 is 2.05 bits per heavy atom. The van der Waals surface area contributed by atoms with Crippen molar-refractivity contribution in [2.45, 2.75) is 52.2 Å². The van der Waals surface area contributed by atoms with Crippen LogP contribution in [0.1, 0.15) is 38.0 Å². The maximum absolute atomic E-state index is 5.92. The Hall–Kier alpha value is -1.32. The van der Waals surface area contributed by atoms with E-state index in [9.17, 15) is 0 Å². The van der Waals surface area contributed by atoms with Gasteiger partial charge in [-0.15, -0.1) is 0 Å². The van der Waals surface area contributed by atoms with Gasteiger partial charge in [0, 0.05) is 42.7 Å². The first kappa shape index (κ1) is 14.6. The summed E-state index contributed by atoms with van der Waals surface area (Å²) < 4.78 is 5.92. The summed E-state index contributed by atoms with van der Waals surface area (Å²) in [4.78, 5) is 2.63. The molecule has 1 aromatic carbocycles. The lowest BCUT2D eigenvalue weighted by Crippen LogP contribution is -2.55. The van der Waals surface area contributed by atoms with Crippen LogP contribution in [0.15, 0.2) is 28.7 Å². The van der Waals surface area contributed by atoms with Crippen molar-refractivity contribution in [1.82, 2.24) is 10.2 Å². The van der Waals surface area contributed by atoms with Crippen molar-refractivity contribution in [3.8, 4) is 0 Å². The maximum atomic E-state index is 5.92. The van der Waals surface area contributed by atoms with Gasteiger partial charge in [-0.2, -0.15) is 0 Å². The first-order valence-corrected chi connectivity index (χ1v) is 8.17. The van der Waals surface area contributed by atoms with Gasteiger partial charge in [-0.3, -0.25) is 4.90 Å². The first-order chi connectivity index (χ1) is 10.2. The van der Waals surface area contributed by atoms with Gasteiger partial charge in [0.2, 0.25) is 0 Å². The van der Waals surface area contributed by atoms with Gasteiger partial charge in [-0.25, -0.2) is 0 Å². The van der Waals surface area contributed by atoms with E-state index in [0.717, 1.165) is 31.0 Å². The molecule has 2 unspecified atom stereocenters. The minimum Gasteiger partial charge on any atom is -0.461 e. The van der Waals surface area contributed by atoms with Crippen molar-refractivity contribution in [3.05, 3.63) is 35.6 Å². The van der Waals surface area contributed by atoms with Gasteiger partial charge in [-0.05, 0) is 25.8 Å². The standard InChI is InChI=1S/C18H26N2O/c1-4-14-11-20(15(5-2)10-19-14)12-17-13(3)21-18-9-7-6-8-16(17)18/h6-9,14-15,19H,4-5,10-12H2,1-3H3. The van der Waals surface area contributed by atoms with E-state index in [4.69, 9.17) is 4.42 Å². The number of para-hydroxylation sites is 1. The lowest BCUT2D eigenvalue weighted by atomic mass is 10.0. The van der Waals surface area contributed by atoms with Crippen LogP contribution in [0.3, 0.4) is 0 Å². The molecule has 1 aliphatic rings. The van der Waals surface area contributed by atoms with E-state index >= 15 is 0 Å². The van der Waals surface area contributed by atoms with Crippen LogP contribution in [-0.2, 0) is 6.54 Å². The lowest BCUT2D eigenvalue weighted by Gasteiger charge is -2.40. The Kier molecular flexibility index (Phi) is 4.32. The minimum atomic E-state index is 0.617. The molecule has 0 saturated carbocycles. The molecule has 1 aromatic heterocycles. The fourth-order valence-electron chi connectivity index (χ4n) is 3.42. The molecule has 1 fully saturated rings. The summed E-state index contributed by atoms with van der Waals surface area (Å²) in [5, 5.41) is 4.94. The smallest absolute Gasteiger partial charge is 0.134 e. The predicted molar refractivity (Wildman–Crippen MR) is 87.5 cm³/mol. The predicted octanol–water partition coefficient (Wildman–Crippen LogP) is 3.70. The van der Waals surface area contributed by atoms with E-state index in [0.29, 0.717) is 12.1 Å². The zero-order valence-electron chi connectivity index (χ0n) is 13.4. The number of hydrogen-bond donors (Lipinski definition) is 1. The average molecular weight is 286 g/mol. The molecule has 21 heavy (non-hydrogen) atoms. The molecule has 1 saturated heterocycles. The van der Waals surface area contributed by atoms with Crippen LogP contribution < -0.4 is 5.32 Å². The highest BCUT2D eigenvalue weighted by Gasteiger charge is 2.27. The lowest BCUT2D eigenvalue weighted by molar-refractivity contribution is 0.117. The first-order valence-electron chi connectivity index (χ1n) is 8.17. The SMILES string of the molecule is CCC1CN(Cc2c(C)oc3ccccc23)C(CC)CN1. The molecule has 3 nitrogen and oxygen atoms in total. The van der Waals surface area contributed by atoms with E-state index in [1.165, 1.54) is 23.8 Å². The summed E-state index contributed by atoms with van der Waals surface area (Å²) in [5.41, 5.74) is 2.38. The Morgan fingerprint density at radius 1 is 1.24 bits per heavy atom. The van der Waals surface area contributed by atoms with Crippen molar-refractivity contribution in [2.75, 3.05) is 13.1 Å². The zero-order valence-corrected chi connectivity index (χ0v) is 13.4. The third-order valence-corrected chi connectivity index (χ3v) is 4.84. The van der Waals surface area contributed by atoms with Gasteiger partial charge >= 0.3 is 0 Å². The summed E-state index contributed by atoms with van der Waals surface area (Å²) in [6.07, 6.45) is 2.39. The second-order valence-electron chi connectivity index (χ2n) is 6.14. The van der Waals surface area contributed by atoms with Crippen LogP contribution in [0.5, 0.6) is 0 Å². The normalized spacial score (nSPS) is 23.8. The third-order valence-electron chi connectivity index (χ3n) is 4.84. The molecule has 3 rings (SSSR count). The average Bonchev–Trinajstić information content (AvgIpc) is 2.83. The highest BCUT2D eigenvalue weighted by molar-refractivity contribution is 5.82. The topological polar surface area (TPSA) is 28.4 Å². The number of rotatable bonds is 4. The number of nitrogens with one attached hydrogen (secondary N) is 1. The molecule has 1 aliphatic heterocycles. The van der Waals surface area contributed by atoms with E-state index in [-0.39, 0.29) is 0 Å². The molecule has 2 aromatic rings. The molecule has 3 heteroatoms. The highest BCUT2D eigenvalue weighted by Crippen LogP contribution is 2.28. The van der Waals surface area contributed by atoms with Gasteiger partial charge in [-0.1, -0.05) is 32.0 Å². The molecule has 0 spiro atoms. The van der Waals surface area contributed by atoms with Crippen LogP contribution in [0.2, 0.25) is 0 Å². The Bertz CT molecular complexity index is 604. The summed E-state index contributed by atoms with van der Waals surface area (Å²) >= 11 is 0. The highest BCUT2D eigenvalue weighted by atomic mass is 16.3. The molecular formula is C18H26N2O. The van der Waals surface area contributed by atoms with Crippen molar-refractivity contribution < 1.29 is 4.42 Å². The molecule has 1 N–H and O–H groups in total. The Labute approximate surface area is 127 Å². The van der Waals surface area contributed by atoms with E-state index in [1.807, 2.05) is 6.07 Å². The zero-order chi connectivity index (χ0) is 14.8. The number of piperazine rings is 1. The molecule has 2 atom stereocenters. The largest absolute Gasteiger partial charge is 0.461 e. The monoisotopic (exact) mass is 286 g/mol. The van der Waals surface area contributed by atoms with E-state index < -0.39 is 0 Å². The second kappa shape index (κ2) is 6.20. The molecule has 114 valence electrons. The number of nitrogens with zero attached hydrogens (tertiary/aromatic N) is 1. The molecular weight excluding hydrogens is 260 g/mol. The molecule has 0 radical (unpaired) electrons. The summed E-state index contributed by atoms with van der Waals surface area (Å²) in [6, 6.07) is 9.64. The maximum Gasteiger partial charge on any atom is 0.134 e. The summed E-state index contributed by atoms with van der Waals surface area (Å²) in [7, 11) is 0. The van der Waals surface area contributed by atoms with Crippen molar-refractivity contribution in [2.24, 2.45) is 0 Å². The fourth-order valence-corrected chi connectivity index (χ4v) is 3.42. The molecule has 2 heterocycles. The van der Waals surface area contributed by atoms with E-state index in [2.05, 4.69) is 49.2 Å². The van der Waals surface area contributed by atoms with Gasteiger partial charge in [0.05, 0.1) is 0 Å².